The van der Waals surface area contributed by atoms with Crippen LogP contribution >= 0.6 is 0 Å². The number of para-hydroxylation sites is 1. The number of hydrogen-bond donors (Lipinski definition) is 0. The van der Waals surface area contributed by atoms with Crippen LogP contribution in [0.3, 0.4) is 0 Å². The zero-order chi connectivity index (χ0) is 16.4. The van der Waals surface area contributed by atoms with Gasteiger partial charge in [-0.1, -0.05) is 12.1 Å². The quantitative estimate of drug-likeness (QED) is 0.734. The summed E-state index contributed by atoms with van der Waals surface area (Å²) in [5.41, 5.74) is -0.859. The summed E-state index contributed by atoms with van der Waals surface area (Å²) in [6.07, 6.45) is -3.33. The molecule has 5 nitrogen and oxygen atoms in total. The maximum atomic E-state index is 13.0. The molecule has 0 fully saturated rings. The molecule has 0 N–H and O–H groups in total. The zero-order valence-corrected chi connectivity index (χ0v) is 11.8. The van der Waals surface area contributed by atoms with Gasteiger partial charge in [-0.3, -0.25) is 4.98 Å². The summed E-state index contributed by atoms with van der Waals surface area (Å²) >= 11 is 0. The number of hydrogen-bond acceptors (Lipinski definition) is 5. The van der Waals surface area contributed by atoms with E-state index in [0.29, 0.717) is 11.3 Å². The molecule has 0 amide bonds. The van der Waals surface area contributed by atoms with Crippen LogP contribution in [0.15, 0.2) is 47.0 Å². The topological polar surface area (TPSA) is 61.0 Å². The van der Waals surface area contributed by atoms with Gasteiger partial charge in [0.15, 0.2) is 0 Å². The Morgan fingerprint density at radius 2 is 1.74 bits per heavy atom. The maximum absolute atomic E-state index is 13.0. The van der Waals surface area contributed by atoms with E-state index in [1.54, 1.807) is 24.3 Å². The van der Waals surface area contributed by atoms with Crippen molar-refractivity contribution in [3.63, 3.8) is 0 Å². The standard InChI is InChI=1S/C15H10F3N3O2/c1-22-11-7-3-2-5-9(11)13-20-21-14(23-13)12-10(15(16,17)18)6-4-8-19-12/h2-8H,1H3. The van der Waals surface area contributed by atoms with Crippen LogP contribution < -0.4 is 4.74 Å². The molecule has 0 saturated heterocycles. The van der Waals surface area contributed by atoms with Crippen molar-refractivity contribution >= 4 is 0 Å². The van der Waals surface area contributed by atoms with Gasteiger partial charge in [-0.05, 0) is 24.3 Å². The van der Waals surface area contributed by atoms with Crippen molar-refractivity contribution in [2.75, 3.05) is 7.11 Å². The number of ether oxygens (including phenoxy) is 1. The molecule has 0 aliphatic heterocycles. The van der Waals surface area contributed by atoms with Crippen molar-refractivity contribution in [2.24, 2.45) is 0 Å². The maximum Gasteiger partial charge on any atom is 0.418 e. The Balaban J connectivity index is 2.07. The number of aromatic nitrogens is 3. The van der Waals surface area contributed by atoms with Gasteiger partial charge in [0.05, 0.1) is 18.2 Å². The van der Waals surface area contributed by atoms with Gasteiger partial charge in [0, 0.05) is 6.20 Å². The lowest BCUT2D eigenvalue weighted by Gasteiger charge is -2.08. The second kappa shape index (κ2) is 5.71. The number of methoxy groups -OCH3 is 1. The van der Waals surface area contributed by atoms with Gasteiger partial charge in [-0.2, -0.15) is 13.2 Å². The van der Waals surface area contributed by atoms with E-state index < -0.39 is 17.4 Å². The van der Waals surface area contributed by atoms with Gasteiger partial charge in [0.25, 0.3) is 11.8 Å². The molecular formula is C15H10F3N3O2. The smallest absolute Gasteiger partial charge is 0.418 e. The van der Waals surface area contributed by atoms with E-state index in [2.05, 4.69) is 15.2 Å². The highest BCUT2D eigenvalue weighted by molar-refractivity contribution is 5.64. The summed E-state index contributed by atoms with van der Waals surface area (Å²) in [7, 11) is 1.47. The van der Waals surface area contributed by atoms with Crippen molar-refractivity contribution in [3.8, 4) is 28.8 Å². The van der Waals surface area contributed by atoms with Crippen LogP contribution in [0.1, 0.15) is 5.56 Å². The predicted octanol–water partition coefficient (Wildman–Crippen LogP) is 3.83. The molecular weight excluding hydrogens is 311 g/mol. The zero-order valence-electron chi connectivity index (χ0n) is 11.8. The van der Waals surface area contributed by atoms with Crippen molar-refractivity contribution in [1.82, 2.24) is 15.2 Å². The van der Waals surface area contributed by atoms with E-state index in [0.717, 1.165) is 6.07 Å². The number of pyridine rings is 1. The third-order valence-electron chi connectivity index (χ3n) is 3.08. The minimum Gasteiger partial charge on any atom is -0.496 e. The van der Waals surface area contributed by atoms with Crippen LogP contribution in [0.2, 0.25) is 0 Å². The average molecular weight is 321 g/mol. The Labute approximate surface area is 128 Å². The Kier molecular flexibility index (Phi) is 3.73. The van der Waals surface area contributed by atoms with Crippen molar-refractivity contribution in [1.29, 1.82) is 0 Å². The van der Waals surface area contributed by atoms with E-state index in [1.807, 2.05) is 0 Å². The monoisotopic (exact) mass is 321 g/mol. The molecule has 3 aromatic rings. The molecule has 0 bridgehead atoms. The van der Waals surface area contributed by atoms with Gasteiger partial charge in [-0.15, -0.1) is 10.2 Å². The Hall–Kier alpha value is -2.90. The largest absolute Gasteiger partial charge is 0.496 e. The van der Waals surface area contributed by atoms with E-state index in [1.165, 1.54) is 19.4 Å². The molecule has 0 aliphatic rings. The van der Waals surface area contributed by atoms with Gasteiger partial charge >= 0.3 is 6.18 Å². The molecule has 3 rings (SSSR count). The first-order valence-corrected chi connectivity index (χ1v) is 6.50. The summed E-state index contributed by atoms with van der Waals surface area (Å²) in [5, 5.41) is 7.47. The van der Waals surface area contributed by atoms with Crippen molar-refractivity contribution < 1.29 is 22.3 Å². The van der Waals surface area contributed by atoms with Gasteiger partial charge in [-0.25, -0.2) is 0 Å². The molecule has 0 radical (unpaired) electrons. The molecule has 0 spiro atoms. The number of nitrogens with zero attached hydrogens (tertiary/aromatic N) is 3. The average Bonchev–Trinajstić information content (AvgIpc) is 3.03. The van der Waals surface area contributed by atoms with E-state index >= 15 is 0 Å². The Morgan fingerprint density at radius 3 is 2.48 bits per heavy atom. The van der Waals surface area contributed by atoms with E-state index in [9.17, 15) is 13.2 Å². The van der Waals surface area contributed by atoms with Crippen molar-refractivity contribution in [3.05, 3.63) is 48.2 Å². The van der Waals surface area contributed by atoms with Gasteiger partial charge < -0.3 is 9.15 Å². The SMILES string of the molecule is COc1ccccc1-c1nnc(-c2ncccc2C(F)(F)F)o1. The Bertz CT molecular complexity index is 831. The molecule has 8 heteroatoms. The number of rotatable bonds is 3. The fraction of sp³-hybridized carbons (Fsp3) is 0.133. The minimum atomic E-state index is -4.57. The summed E-state index contributed by atoms with van der Waals surface area (Å²) in [5.74, 6) is 0.217. The first kappa shape index (κ1) is 15.0. The molecule has 2 aromatic heterocycles. The summed E-state index contributed by atoms with van der Waals surface area (Å²) in [6.45, 7) is 0. The van der Waals surface area contributed by atoms with Gasteiger partial charge in [0.2, 0.25) is 0 Å². The minimum absolute atomic E-state index is 0.0521. The van der Waals surface area contributed by atoms with Crippen LogP contribution in [-0.2, 0) is 6.18 Å². The second-order valence-electron chi connectivity index (χ2n) is 4.51. The first-order valence-electron chi connectivity index (χ1n) is 6.50. The Morgan fingerprint density at radius 1 is 1.00 bits per heavy atom. The fourth-order valence-corrected chi connectivity index (χ4v) is 2.05. The van der Waals surface area contributed by atoms with Crippen LogP contribution in [0.4, 0.5) is 13.2 Å². The molecule has 0 aliphatic carbocycles. The highest BCUT2D eigenvalue weighted by Crippen LogP contribution is 2.36. The summed E-state index contributed by atoms with van der Waals surface area (Å²) < 4.78 is 49.6. The lowest BCUT2D eigenvalue weighted by molar-refractivity contribution is -0.137. The third kappa shape index (κ3) is 2.87. The predicted molar refractivity (Wildman–Crippen MR) is 74.5 cm³/mol. The van der Waals surface area contributed by atoms with E-state index in [4.69, 9.17) is 9.15 Å². The van der Waals surface area contributed by atoms with Crippen LogP contribution in [0, 0.1) is 0 Å². The van der Waals surface area contributed by atoms with Gasteiger partial charge in [0.1, 0.15) is 11.4 Å². The van der Waals surface area contributed by atoms with Crippen LogP contribution in [0.5, 0.6) is 5.75 Å². The second-order valence-corrected chi connectivity index (χ2v) is 4.51. The van der Waals surface area contributed by atoms with E-state index in [-0.39, 0.29) is 11.8 Å². The lowest BCUT2D eigenvalue weighted by Crippen LogP contribution is -2.08. The lowest BCUT2D eigenvalue weighted by atomic mass is 10.2. The van der Waals surface area contributed by atoms with Crippen LogP contribution in [0.25, 0.3) is 23.0 Å². The molecule has 23 heavy (non-hydrogen) atoms. The highest BCUT2D eigenvalue weighted by atomic mass is 19.4. The number of alkyl halides is 3. The molecule has 2 heterocycles. The molecule has 0 unspecified atom stereocenters. The molecule has 0 atom stereocenters. The highest BCUT2D eigenvalue weighted by Gasteiger charge is 2.36. The summed E-state index contributed by atoms with van der Waals surface area (Å²) in [4.78, 5) is 3.72. The molecule has 1 aromatic carbocycles. The van der Waals surface area contributed by atoms with Crippen LogP contribution in [-0.4, -0.2) is 22.3 Å². The molecule has 0 saturated carbocycles. The third-order valence-corrected chi connectivity index (χ3v) is 3.08. The number of halogens is 3. The number of benzene rings is 1. The molecule has 118 valence electrons. The van der Waals surface area contributed by atoms with Crippen molar-refractivity contribution in [2.45, 2.75) is 6.18 Å². The first-order chi connectivity index (χ1) is 11.0. The normalized spacial score (nSPS) is 11.5. The fourth-order valence-electron chi connectivity index (χ4n) is 2.05. The summed E-state index contributed by atoms with van der Waals surface area (Å²) in [6, 6.07) is 8.93.